The van der Waals surface area contributed by atoms with Crippen molar-refractivity contribution >= 4 is 11.6 Å². The van der Waals surface area contributed by atoms with Gasteiger partial charge in [-0.1, -0.05) is 13.8 Å². The molecule has 0 aliphatic carbocycles. The molecule has 0 atom stereocenters. The second-order valence-electron chi connectivity index (χ2n) is 4.96. The van der Waals surface area contributed by atoms with E-state index in [0.717, 1.165) is 0 Å². The first kappa shape index (κ1) is 14.5. The maximum atomic E-state index is 13.6. The average Bonchev–Trinajstić information content (AvgIpc) is 2.20. The summed E-state index contributed by atoms with van der Waals surface area (Å²) in [5.74, 6) is -0.0989. The molecule has 100 valence electrons. The van der Waals surface area contributed by atoms with E-state index < -0.39 is 5.82 Å². The molecule has 1 aromatic rings. The number of anilines is 1. The normalized spacial score (nSPS) is 10.8. The van der Waals surface area contributed by atoms with Crippen molar-refractivity contribution in [1.82, 2.24) is 0 Å². The van der Waals surface area contributed by atoms with Gasteiger partial charge < -0.3 is 10.1 Å². The molecule has 18 heavy (non-hydrogen) atoms. The highest BCUT2D eigenvalue weighted by atomic mass is 19.1. The first-order valence-electron chi connectivity index (χ1n) is 6.14. The van der Waals surface area contributed by atoms with Crippen LogP contribution in [0.1, 0.15) is 34.1 Å². The van der Waals surface area contributed by atoms with Crippen LogP contribution >= 0.6 is 0 Å². The Labute approximate surface area is 107 Å². The number of carbonyl (C=O) groups is 1. The van der Waals surface area contributed by atoms with E-state index in [1.54, 1.807) is 6.07 Å². The lowest BCUT2D eigenvalue weighted by Crippen LogP contribution is -2.14. The van der Waals surface area contributed by atoms with Gasteiger partial charge in [0.25, 0.3) is 0 Å². The lowest BCUT2D eigenvalue weighted by Gasteiger charge is -2.12. The number of ether oxygens (including phenoxy) is 1. The quantitative estimate of drug-likeness (QED) is 0.870. The van der Waals surface area contributed by atoms with E-state index >= 15 is 0 Å². The summed E-state index contributed by atoms with van der Waals surface area (Å²) in [4.78, 5) is 11.5. The summed E-state index contributed by atoms with van der Waals surface area (Å²) in [5, 5.41) is 2.66. The topological polar surface area (TPSA) is 38.3 Å². The number of hydrogen-bond donors (Lipinski definition) is 1. The maximum Gasteiger partial charge on any atom is 0.224 e. The fourth-order valence-corrected chi connectivity index (χ4v) is 1.51. The Bertz CT molecular complexity index is 416. The molecule has 0 fully saturated rings. The molecule has 0 heterocycles. The highest BCUT2D eigenvalue weighted by molar-refractivity contribution is 5.90. The Kier molecular flexibility index (Phi) is 5.13. The van der Waals surface area contributed by atoms with Gasteiger partial charge in [-0.05, 0) is 31.9 Å². The molecule has 3 nitrogen and oxygen atoms in total. The SMILES string of the molecule is CC(C)CC(=O)Nc1ccc(OC(C)C)c(F)c1. The van der Waals surface area contributed by atoms with Gasteiger partial charge >= 0.3 is 0 Å². The number of nitrogens with one attached hydrogen (secondary N) is 1. The van der Waals surface area contributed by atoms with E-state index in [1.165, 1.54) is 12.1 Å². The number of halogens is 1. The van der Waals surface area contributed by atoms with E-state index in [0.29, 0.717) is 12.1 Å². The van der Waals surface area contributed by atoms with Crippen molar-refractivity contribution in [2.24, 2.45) is 5.92 Å². The van der Waals surface area contributed by atoms with Gasteiger partial charge in [0.15, 0.2) is 11.6 Å². The lowest BCUT2D eigenvalue weighted by molar-refractivity contribution is -0.116. The zero-order valence-corrected chi connectivity index (χ0v) is 11.3. The van der Waals surface area contributed by atoms with Crippen molar-refractivity contribution in [1.29, 1.82) is 0 Å². The summed E-state index contributed by atoms with van der Waals surface area (Å²) in [5.41, 5.74) is 0.453. The van der Waals surface area contributed by atoms with Crippen LogP contribution in [0.2, 0.25) is 0 Å². The second-order valence-corrected chi connectivity index (χ2v) is 4.96. The molecule has 0 bridgehead atoms. The molecule has 0 aromatic heterocycles. The lowest BCUT2D eigenvalue weighted by atomic mass is 10.1. The third kappa shape index (κ3) is 4.73. The molecule has 0 aliphatic rings. The predicted molar refractivity (Wildman–Crippen MR) is 70.2 cm³/mol. The fourth-order valence-electron chi connectivity index (χ4n) is 1.51. The highest BCUT2D eigenvalue weighted by Gasteiger charge is 2.09. The highest BCUT2D eigenvalue weighted by Crippen LogP contribution is 2.22. The smallest absolute Gasteiger partial charge is 0.224 e. The van der Waals surface area contributed by atoms with Crippen molar-refractivity contribution < 1.29 is 13.9 Å². The third-order valence-corrected chi connectivity index (χ3v) is 2.17. The first-order chi connectivity index (χ1) is 8.38. The van der Waals surface area contributed by atoms with E-state index in [4.69, 9.17) is 4.74 Å². The molecule has 4 heteroatoms. The molecule has 0 spiro atoms. The van der Waals surface area contributed by atoms with Gasteiger partial charge in [0.1, 0.15) is 0 Å². The third-order valence-electron chi connectivity index (χ3n) is 2.17. The molecular weight excluding hydrogens is 233 g/mol. The minimum Gasteiger partial charge on any atom is -0.488 e. The Balaban J connectivity index is 2.69. The molecule has 0 aliphatic heterocycles. The number of hydrogen-bond acceptors (Lipinski definition) is 2. The van der Waals surface area contributed by atoms with E-state index in [9.17, 15) is 9.18 Å². The largest absolute Gasteiger partial charge is 0.488 e. The minimum atomic E-state index is -0.467. The van der Waals surface area contributed by atoms with Crippen LogP contribution in [0.25, 0.3) is 0 Å². The molecule has 1 amide bonds. The molecule has 1 rings (SSSR count). The van der Waals surface area contributed by atoms with Gasteiger partial charge in [-0.15, -0.1) is 0 Å². The summed E-state index contributed by atoms with van der Waals surface area (Å²) in [6.45, 7) is 7.58. The summed E-state index contributed by atoms with van der Waals surface area (Å²) in [6.07, 6.45) is 0.340. The second kappa shape index (κ2) is 6.38. The van der Waals surface area contributed by atoms with Gasteiger partial charge in [-0.25, -0.2) is 4.39 Å². The number of amides is 1. The van der Waals surface area contributed by atoms with Gasteiger partial charge in [0, 0.05) is 18.2 Å². The zero-order valence-electron chi connectivity index (χ0n) is 11.3. The van der Waals surface area contributed by atoms with E-state index in [2.05, 4.69) is 5.32 Å². The van der Waals surface area contributed by atoms with Gasteiger partial charge in [-0.3, -0.25) is 4.79 Å². The van der Waals surface area contributed by atoms with Crippen molar-refractivity contribution in [2.45, 2.75) is 40.2 Å². The maximum absolute atomic E-state index is 13.6. The van der Waals surface area contributed by atoms with E-state index in [-0.39, 0.29) is 23.7 Å². The molecule has 1 aromatic carbocycles. The monoisotopic (exact) mass is 253 g/mol. The zero-order chi connectivity index (χ0) is 13.7. The average molecular weight is 253 g/mol. The fraction of sp³-hybridized carbons (Fsp3) is 0.500. The van der Waals surface area contributed by atoms with Gasteiger partial charge in [0.2, 0.25) is 5.91 Å². The van der Waals surface area contributed by atoms with Crippen molar-refractivity contribution in [3.8, 4) is 5.75 Å². The first-order valence-corrected chi connectivity index (χ1v) is 6.14. The molecule has 0 radical (unpaired) electrons. The van der Waals surface area contributed by atoms with Crippen LogP contribution in [-0.2, 0) is 4.79 Å². The standard InChI is InChI=1S/C14H20FNO2/c1-9(2)7-14(17)16-11-5-6-13(12(15)8-11)18-10(3)4/h5-6,8-10H,7H2,1-4H3,(H,16,17). The van der Waals surface area contributed by atoms with Gasteiger partial charge in [-0.2, -0.15) is 0 Å². The molecule has 1 N–H and O–H groups in total. The van der Waals surface area contributed by atoms with E-state index in [1.807, 2.05) is 27.7 Å². The Morgan fingerprint density at radius 3 is 2.50 bits per heavy atom. The Morgan fingerprint density at radius 2 is 2.00 bits per heavy atom. The van der Waals surface area contributed by atoms with Crippen LogP contribution < -0.4 is 10.1 Å². The van der Waals surface area contributed by atoms with Crippen molar-refractivity contribution in [3.63, 3.8) is 0 Å². The molecular formula is C14H20FNO2. The number of carbonyl (C=O) groups excluding carboxylic acids is 1. The Hall–Kier alpha value is -1.58. The summed E-state index contributed by atoms with van der Waals surface area (Å²) < 4.78 is 18.9. The summed E-state index contributed by atoms with van der Waals surface area (Å²) >= 11 is 0. The summed E-state index contributed by atoms with van der Waals surface area (Å²) in [7, 11) is 0. The molecule has 0 saturated heterocycles. The van der Waals surface area contributed by atoms with Crippen molar-refractivity contribution in [3.05, 3.63) is 24.0 Å². The Morgan fingerprint density at radius 1 is 1.33 bits per heavy atom. The predicted octanol–water partition coefficient (Wildman–Crippen LogP) is 3.60. The van der Waals surface area contributed by atoms with Crippen LogP contribution in [0.3, 0.4) is 0 Å². The van der Waals surface area contributed by atoms with Crippen molar-refractivity contribution in [2.75, 3.05) is 5.32 Å². The minimum absolute atomic E-state index is 0.0825. The van der Waals surface area contributed by atoms with Crippen LogP contribution in [0.5, 0.6) is 5.75 Å². The molecule has 0 unspecified atom stereocenters. The van der Waals surface area contributed by atoms with Crippen LogP contribution in [0.15, 0.2) is 18.2 Å². The number of benzene rings is 1. The van der Waals surface area contributed by atoms with Gasteiger partial charge in [0.05, 0.1) is 6.10 Å². The van der Waals surface area contributed by atoms with Crippen LogP contribution in [0.4, 0.5) is 10.1 Å². The van der Waals surface area contributed by atoms with Crippen LogP contribution in [0, 0.1) is 11.7 Å². The van der Waals surface area contributed by atoms with Crippen LogP contribution in [-0.4, -0.2) is 12.0 Å². The summed E-state index contributed by atoms with van der Waals surface area (Å²) in [6, 6.07) is 4.44. The number of rotatable bonds is 5. The molecule has 0 saturated carbocycles.